The van der Waals surface area contributed by atoms with E-state index in [2.05, 4.69) is 10.2 Å². The van der Waals surface area contributed by atoms with Gasteiger partial charge in [0.25, 0.3) is 5.91 Å². The number of fused-ring (bicyclic) bond motifs is 3. The molecule has 1 amide bonds. The van der Waals surface area contributed by atoms with Crippen molar-refractivity contribution in [3.8, 4) is 0 Å². The fraction of sp³-hybridized carbons (Fsp3) is 0.409. The van der Waals surface area contributed by atoms with Crippen LogP contribution in [-0.4, -0.2) is 29.9 Å². The number of carbonyl (C=O) groups is 1. The molecule has 2 aromatic rings. The summed E-state index contributed by atoms with van der Waals surface area (Å²) < 4.78 is 39.8. The second-order valence-electron chi connectivity index (χ2n) is 7.93. The Bertz CT molecular complexity index is 928. The smallest absolute Gasteiger partial charge is 0.344 e. The molecular formula is C22H21Cl2F3N2O. The Kier molecular flexibility index (Phi) is 6.02. The fourth-order valence-electron chi connectivity index (χ4n) is 4.61. The molecular weight excluding hydrogens is 436 g/mol. The number of rotatable bonds is 4. The summed E-state index contributed by atoms with van der Waals surface area (Å²) in [5, 5.41) is 2.16. The molecule has 0 aromatic heterocycles. The first-order valence-electron chi connectivity index (χ1n) is 9.90. The summed E-state index contributed by atoms with van der Waals surface area (Å²) in [6.07, 6.45) is -1.47. The molecule has 0 radical (unpaired) electrons. The standard InChI is InChI=1S/C22H21Cl2F3N2O/c23-16-7-6-15(22(25,26)27)19(24)18(16)21(30)28-20(14-4-2-1-3-5-14)17-12-13-8-10-29(17)11-9-13/h1-7,13,17,20H,8-12H2,(H,28,30)/t17-,20?/m1/s1. The molecule has 1 N–H and O–H groups in total. The molecule has 8 heteroatoms. The van der Waals surface area contributed by atoms with Crippen LogP contribution in [0.15, 0.2) is 42.5 Å². The number of benzene rings is 2. The largest absolute Gasteiger partial charge is 0.417 e. The van der Waals surface area contributed by atoms with E-state index < -0.39 is 22.7 Å². The van der Waals surface area contributed by atoms with Crippen LogP contribution in [0.1, 0.15) is 46.8 Å². The average Bonchev–Trinajstić information content (AvgIpc) is 2.72. The molecule has 3 nitrogen and oxygen atoms in total. The Morgan fingerprint density at radius 1 is 1.07 bits per heavy atom. The van der Waals surface area contributed by atoms with Crippen LogP contribution < -0.4 is 5.32 Å². The lowest BCUT2D eigenvalue weighted by Gasteiger charge is -2.48. The predicted molar refractivity (Wildman–Crippen MR) is 111 cm³/mol. The van der Waals surface area contributed by atoms with Gasteiger partial charge in [-0.3, -0.25) is 9.69 Å². The minimum absolute atomic E-state index is 0.0761. The highest BCUT2D eigenvalue weighted by molar-refractivity contribution is 6.40. The summed E-state index contributed by atoms with van der Waals surface area (Å²) in [5.41, 5.74) is -0.511. The number of nitrogens with zero attached hydrogens (tertiary/aromatic N) is 1. The van der Waals surface area contributed by atoms with Crippen LogP contribution in [0.2, 0.25) is 10.0 Å². The lowest BCUT2D eigenvalue weighted by atomic mass is 9.79. The van der Waals surface area contributed by atoms with Crippen LogP contribution in [0, 0.1) is 5.92 Å². The van der Waals surface area contributed by atoms with E-state index in [1.807, 2.05) is 30.3 Å². The van der Waals surface area contributed by atoms with Gasteiger partial charge >= 0.3 is 6.18 Å². The fourth-order valence-corrected chi connectivity index (χ4v) is 5.26. The maximum Gasteiger partial charge on any atom is 0.417 e. The van der Waals surface area contributed by atoms with Crippen LogP contribution >= 0.6 is 23.2 Å². The van der Waals surface area contributed by atoms with Gasteiger partial charge in [0.05, 0.1) is 27.2 Å². The molecule has 3 aliphatic rings. The van der Waals surface area contributed by atoms with Crippen molar-refractivity contribution in [2.24, 2.45) is 5.92 Å². The third-order valence-corrected chi connectivity index (χ3v) is 6.85. The van der Waals surface area contributed by atoms with Gasteiger partial charge in [-0.2, -0.15) is 13.2 Å². The number of hydrogen-bond donors (Lipinski definition) is 1. The molecule has 3 saturated heterocycles. The summed E-state index contributed by atoms with van der Waals surface area (Å²) in [7, 11) is 0. The van der Waals surface area contributed by atoms with E-state index >= 15 is 0 Å². The third-order valence-electron chi connectivity index (χ3n) is 6.15. The summed E-state index contributed by atoms with van der Waals surface area (Å²) in [4.78, 5) is 15.5. The predicted octanol–water partition coefficient (Wildman–Crippen LogP) is 5.97. The first kappa shape index (κ1) is 21.5. The third kappa shape index (κ3) is 4.18. The zero-order chi connectivity index (χ0) is 21.5. The van der Waals surface area contributed by atoms with Gasteiger partial charge in [0.1, 0.15) is 0 Å². The molecule has 160 valence electrons. The van der Waals surface area contributed by atoms with E-state index in [1.165, 1.54) is 0 Å². The van der Waals surface area contributed by atoms with Crippen LogP contribution in [0.5, 0.6) is 0 Å². The van der Waals surface area contributed by atoms with Crippen molar-refractivity contribution in [3.05, 3.63) is 69.2 Å². The molecule has 3 heterocycles. The van der Waals surface area contributed by atoms with E-state index in [1.54, 1.807) is 0 Å². The van der Waals surface area contributed by atoms with E-state index in [-0.39, 0.29) is 22.7 Å². The van der Waals surface area contributed by atoms with Crippen molar-refractivity contribution < 1.29 is 18.0 Å². The van der Waals surface area contributed by atoms with Gasteiger partial charge < -0.3 is 5.32 Å². The monoisotopic (exact) mass is 456 g/mol. The Balaban J connectivity index is 1.68. The molecule has 2 atom stereocenters. The Morgan fingerprint density at radius 3 is 2.30 bits per heavy atom. The van der Waals surface area contributed by atoms with Crippen LogP contribution in [-0.2, 0) is 6.18 Å². The highest BCUT2D eigenvalue weighted by Gasteiger charge is 2.40. The van der Waals surface area contributed by atoms with Gasteiger partial charge in [0, 0.05) is 6.04 Å². The van der Waals surface area contributed by atoms with E-state index in [0.29, 0.717) is 5.92 Å². The van der Waals surface area contributed by atoms with Gasteiger partial charge in [-0.05, 0) is 56.0 Å². The lowest BCUT2D eigenvalue weighted by molar-refractivity contribution is -0.137. The van der Waals surface area contributed by atoms with Gasteiger partial charge in [-0.15, -0.1) is 0 Å². The zero-order valence-electron chi connectivity index (χ0n) is 16.1. The van der Waals surface area contributed by atoms with E-state index in [4.69, 9.17) is 23.2 Å². The number of halogens is 5. The highest BCUT2D eigenvalue weighted by Crippen LogP contribution is 2.40. The number of amides is 1. The number of piperidine rings is 3. The van der Waals surface area contributed by atoms with Crippen molar-refractivity contribution in [2.45, 2.75) is 37.5 Å². The number of carbonyl (C=O) groups excluding carboxylic acids is 1. The molecule has 0 saturated carbocycles. The summed E-state index contributed by atoms with van der Waals surface area (Å²) >= 11 is 12.1. The average molecular weight is 457 g/mol. The first-order valence-corrected chi connectivity index (χ1v) is 10.7. The second kappa shape index (κ2) is 8.40. The maximum absolute atomic E-state index is 13.3. The lowest BCUT2D eigenvalue weighted by Crippen LogP contribution is -2.54. The van der Waals surface area contributed by atoms with Crippen molar-refractivity contribution in [3.63, 3.8) is 0 Å². The SMILES string of the molecule is O=C(NC(c1ccccc1)[C@H]1CC2CCN1CC2)c1c(Cl)ccc(C(F)(F)F)c1Cl. The van der Waals surface area contributed by atoms with E-state index in [0.717, 1.165) is 50.0 Å². The molecule has 0 spiro atoms. The topological polar surface area (TPSA) is 32.3 Å². The van der Waals surface area contributed by atoms with Gasteiger partial charge in [-0.1, -0.05) is 53.5 Å². The second-order valence-corrected chi connectivity index (χ2v) is 8.71. The zero-order valence-corrected chi connectivity index (χ0v) is 17.6. The quantitative estimate of drug-likeness (QED) is 0.614. The Labute approximate surface area is 183 Å². The molecule has 30 heavy (non-hydrogen) atoms. The van der Waals surface area contributed by atoms with Crippen LogP contribution in [0.4, 0.5) is 13.2 Å². The summed E-state index contributed by atoms with van der Waals surface area (Å²) in [5.74, 6) is -0.101. The Hall–Kier alpha value is -1.76. The minimum atomic E-state index is -4.68. The molecule has 0 aliphatic carbocycles. The number of nitrogens with one attached hydrogen (secondary N) is 1. The van der Waals surface area contributed by atoms with Crippen molar-refractivity contribution in [1.29, 1.82) is 0 Å². The summed E-state index contributed by atoms with van der Waals surface area (Å²) in [6.45, 7) is 1.92. The van der Waals surface area contributed by atoms with Crippen molar-refractivity contribution >= 4 is 29.1 Å². The normalized spacial score (nSPS) is 24.5. The molecule has 2 bridgehead atoms. The molecule has 3 fully saturated rings. The molecule has 1 unspecified atom stereocenters. The van der Waals surface area contributed by atoms with Crippen molar-refractivity contribution in [1.82, 2.24) is 10.2 Å². The Morgan fingerprint density at radius 2 is 1.73 bits per heavy atom. The summed E-state index contributed by atoms with van der Waals surface area (Å²) in [6, 6.07) is 11.1. The molecule has 2 aromatic carbocycles. The minimum Gasteiger partial charge on any atom is -0.344 e. The first-order chi connectivity index (χ1) is 14.3. The van der Waals surface area contributed by atoms with Crippen LogP contribution in [0.3, 0.4) is 0 Å². The molecule has 3 aliphatic heterocycles. The van der Waals surface area contributed by atoms with E-state index in [9.17, 15) is 18.0 Å². The number of alkyl halides is 3. The van der Waals surface area contributed by atoms with Gasteiger partial charge in [0.15, 0.2) is 0 Å². The van der Waals surface area contributed by atoms with Gasteiger partial charge in [-0.25, -0.2) is 0 Å². The maximum atomic E-state index is 13.3. The van der Waals surface area contributed by atoms with Crippen molar-refractivity contribution in [2.75, 3.05) is 13.1 Å². The van der Waals surface area contributed by atoms with Gasteiger partial charge in [0.2, 0.25) is 0 Å². The molecule has 5 rings (SSSR count). The highest BCUT2D eigenvalue weighted by atomic mass is 35.5. The van der Waals surface area contributed by atoms with Crippen LogP contribution in [0.25, 0.3) is 0 Å². The number of hydrogen-bond acceptors (Lipinski definition) is 2.